The normalized spacial score (nSPS) is 20.0. The summed E-state index contributed by atoms with van der Waals surface area (Å²) < 4.78 is 0. The Balaban J connectivity index is 1.83. The first-order chi connectivity index (χ1) is 12.5. The third-order valence-electron chi connectivity index (χ3n) is 5.21. The van der Waals surface area contributed by atoms with Crippen molar-refractivity contribution >= 4 is 6.21 Å². The van der Waals surface area contributed by atoms with E-state index in [1.807, 2.05) is 6.21 Å². The van der Waals surface area contributed by atoms with E-state index in [1.165, 1.54) is 25.3 Å². The van der Waals surface area contributed by atoms with Crippen molar-refractivity contribution in [3.05, 3.63) is 24.2 Å². The molecule has 0 aliphatic carbocycles. The maximum atomic E-state index is 4.71. The molecule has 0 unspecified atom stereocenters. The van der Waals surface area contributed by atoms with Crippen LogP contribution < -0.4 is 5.32 Å². The van der Waals surface area contributed by atoms with E-state index in [-0.39, 0.29) is 0 Å². The lowest BCUT2D eigenvalue weighted by atomic mass is 10.0. The highest BCUT2D eigenvalue weighted by Crippen LogP contribution is 2.13. The Bertz CT molecular complexity index is 485. The van der Waals surface area contributed by atoms with E-state index >= 15 is 0 Å². The first-order valence-corrected chi connectivity index (χ1v) is 10.4. The van der Waals surface area contributed by atoms with Crippen LogP contribution in [0.15, 0.2) is 29.2 Å². The van der Waals surface area contributed by atoms with E-state index in [0.29, 0.717) is 5.92 Å². The molecular weight excluding hydrogens is 322 g/mol. The summed E-state index contributed by atoms with van der Waals surface area (Å²) in [6.07, 6.45) is 5.31. The molecule has 26 heavy (non-hydrogen) atoms. The van der Waals surface area contributed by atoms with Crippen molar-refractivity contribution in [2.45, 2.75) is 34.1 Å². The minimum atomic E-state index is 0.619. The molecular formula is C21H39N5. The van der Waals surface area contributed by atoms with Crippen LogP contribution in [0.4, 0.5) is 0 Å². The average Bonchev–Trinajstić information content (AvgIpc) is 2.59. The van der Waals surface area contributed by atoms with Gasteiger partial charge in [0, 0.05) is 58.9 Å². The van der Waals surface area contributed by atoms with Gasteiger partial charge in [-0.2, -0.15) is 0 Å². The highest BCUT2D eigenvalue weighted by molar-refractivity contribution is 5.78. The first kappa shape index (κ1) is 21.0. The highest BCUT2D eigenvalue weighted by Gasteiger charge is 2.23. The largest absolute Gasteiger partial charge is 0.368 e. The number of piperazine rings is 1. The molecule has 0 aromatic rings. The molecule has 2 saturated heterocycles. The van der Waals surface area contributed by atoms with Crippen molar-refractivity contribution < 1.29 is 0 Å². The summed E-state index contributed by atoms with van der Waals surface area (Å²) in [5.41, 5.74) is 1.22. The summed E-state index contributed by atoms with van der Waals surface area (Å²) in [4.78, 5) is 12.1. The fourth-order valence-electron chi connectivity index (χ4n) is 3.63. The lowest BCUT2D eigenvalue weighted by molar-refractivity contribution is 0.128. The van der Waals surface area contributed by atoms with E-state index in [4.69, 9.17) is 4.99 Å². The molecule has 2 rings (SSSR count). The Morgan fingerprint density at radius 2 is 1.96 bits per heavy atom. The van der Waals surface area contributed by atoms with E-state index in [0.717, 1.165) is 57.4 Å². The molecule has 2 aliphatic heterocycles. The van der Waals surface area contributed by atoms with Crippen LogP contribution in [-0.2, 0) is 0 Å². The highest BCUT2D eigenvalue weighted by atomic mass is 15.3. The Morgan fingerprint density at radius 3 is 2.46 bits per heavy atom. The number of aliphatic imine (C=N–C) groups is 1. The van der Waals surface area contributed by atoms with Gasteiger partial charge in [0.1, 0.15) is 5.82 Å². The number of nitrogens with zero attached hydrogens (tertiary/aromatic N) is 4. The third kappa shape index (κ3) is 6.44. The molecule has 0 amide bonds. The second kappa shape index (κ2) is 10.7. The zero-order valence-electron chi connectivity index (χ0n) is 17.4. The minimum absolute atomic E-state index is 0.619. The van der Waals surface area contributed by atoms with Gasteiger partial charge >= 0.3 is 0 Å². The maximum Gasteiger partial charge on any atom is 0.121 e. The molecule has 148 valence electrons. The molecule has 0 spiro atoms. The molecule has 2 fully saturated rings. The number of hydrogen-bond acceptors (Lipinski definition) is 5. The van der Waals surface area contributed by atoms with Crippen LogP contribution in [0.25, 0.3) is 0 Å². The predicted molar refractivity (Wildman–Crippen MR) is 112 cm³/mol. The molecule has 1 N–H and O–H groups in total. The van der Waals surface area contributed by atoms with Gasteiger partial charge in [-0.15, -0.1) is 0 Å². The second-order valence-corrected chi connectivity index (χ2v) is 8.04. The topological polar surface area (TPSA) is 34.1 Å². The van der Waals surface area contributed by atoms with Gasteiger partial charge < -0.3 is 15.1 Å². The zero-order valence-corrected chi connectivity index (χ0v) is 17.4. The van der Waals surface area contributed by atoms with Crippen molar-refractivity contribution in [2.75, 3.05) is 58.9 Å². The summed E-state index contributed by atoms with van der Waals surface area (Å²) in [6.45, 7) is 23.2. The Kier molecular flexibility index (Phi) is 8.66. The fraction of sp³-hybridized carbons (Fsp3) is 0.762. The summed E-state index contributed by atoms with van der Waals surface area (Å²) >= 11 is 0. The fourth-order valence-corrected chi connectivity index (χ4v) is 3.63. The Morgan fingerprint density at radius 1 is 1.27 bits per heavy atom. The molecule has 0 aromatic carbocycles. The quantitative estimate of drug-likeness (QED) is 0.607. The minimum Gasteiger partial charge on any atom is -0.368 e. The molecule has 0 atom stereocenters. The lowest BCUT2D eigenvalue weighted by Gasteiger charge is -2.39. The molecule has 0 bridgehead atoms. The van der Waals surface area contributed by atoms with Gasteiger partial charge in [-0.1, -0.05) is 33.4 Å². The van der Waals surface area contributed by atoms with Crippen LogP contribution >= 0.6 is 0 Å². The van der Waals surface area contributed by atoms with Crippen molar-refractivity contribution in [3.8, 4) is 0 Å². The van der Waals surface area contributed by atoms with Crippen molar-refractivity contribution in [3.63, 3.8) is 0 Å². The summed E-state index contributed by atoms with van der Waals surface area (Å²) in [5, 5.41) is 3.37. The van der Waals surface area contributed by atoms with E-state index in [9.17, 15) is 0 Å². The molecule has 2 aliphatic rings. The van der Waals surface area contributed by atoms with Gasteiger partial charge in [0.25, 0.3) is 0 Å². The van der Waals surface area contributed by atoms with Crippen LogP contribution in [0.5, 0.6) is 0 Å². The van der Waals surface area contributed by atoms with Gasteiger partial charge in [-0.25, -0.2) is 4.99 Å². The second-order valence-electron chi connectivity index (χ2n) is 8.04. The lowest BCUT2D eigenvalue weighted by Crippen LogP contribution is -2.53. The standard InChI is InChI=1S/C21H39N5/c1-6-8-26(16-18(3)4)19(5)23-15-21(7-2)25-11-9-24(10-12-25)17-20-13-22-14-20/h7,15,18,20,22H,5-6,8-14,16-17H2,1-4H3/b21-7+,23-15-. The third-order valence-corrected chi connectivity index (χ3v) is 5.21. The van der Waals surface area contributed by atoms with Gasteiger partial charge in [-0.3, -0.25) is 4.90 Å². The van der Waals surface area contributed by atoms with Gasteiger partial charge in [0.05, 0.1) is 11.9 Å². The molecule has 0 radical (unpaired) electrons. The molecule has 5 nitrogen and oxygen atoms in total. The Labute approximate surface area is 160 Å². The SMILES string of the molecule is C=C(/N=C\C(=C/C)N1CCN(CC2CNC2)CC1)N(CCC)CC(C)C. The van der Waals surface area contributed by atoms with E-state index in [2.05, 4.69) is 60.4 Å². The summed E-state index contributed by atoms with van der Waals surface area (Å²) in [6, 6.07) is 0. The summed E-state index contributed by atoms with van der Waals surface area (Å²) in [5.74, 6) is 2.36. The van der Waals surface area contributed by atoms with Crippen molar-refractivity contribution in [2.24, 2.45) is 16.8 Å². The molecule has 5 heteroatoms. The summed E-state index contributed by atoms with van der Waals surface area (Å²) in [7, 11) is 0. The van der Waals surface area contributed by atoms with Crippen molar-refractivity contribution in [1.82, 2.24) is 20.0 Å². The van der Waals surface area contributed by atoms with Crippen LogP contribution in [0.2, 0.25) is 0 Å². The number of rotatable bonds is 10. The molecule has 0 saturated carbocycles. The predicted octanol–water partition coefficient (Wildman–Crippen LogP) is 2.64. The van der Waals surface area contributed by atoms with E-state index < -0.39 is 0 Å². The molecule has 0 aromatic heterocycles. The van der Waals surface area contributed by atoms with E-state index in [1.54, 1.807) is 0 Å². The molecule has 2 heterocycles. The maximum absolute atomic E-state index is 4.71. The van der Waals surface area contributed by atoms with Crippen LogP contribution in [0, 0.1) is 11.8 Å². The van der Waals surface area contributed by atoms with Crippen LogP contribution in [0.3, 0.4) is 0 Å². The van der Waals surface area contributed by atoms with Gasteiger partial charge in [0.2, 0.25) is 0 Å². The zero-order chi connectivity index (χ0) is 18.9. The number of nitrogens with one attached hydrogen (secondary N) is 1. The first-order valence-electron chi connectivity index (χ1n) is 10.4. The smallest absolute Gasteiger partial charge is 0.121 e. The Hall–Kier alpha value is -1.33. The average molecular weight is 362 g/mol. The van der Waals surface area contributed by atoms with Crippen LogP contribution in [-0.4, -0.2) is 79.8 Å². The number of hydrogen-bond donors (Lipinski definition) is 1. The monoisotopic (exact) mass is 361 g/mol. The number of allylic oxidation sites excluding steroid dienone is 2. The van der Waals surface area contributed by atoms with Gasteiger partial charge in [-0.05, 0) is 25.2 Å². The van der Waals surface area contributed by atoms with Crippen molar-refractivity contribution in [1.29, 1.82) is 0 Å². The van der Waals surface area contributed by atoms with Gasteiger partial charge in [0.15, 0.2) is 0 Å². The van der Waals surface area contributed by atoms with Crippen LogP contribution in [0.1, 0.15) is 34.1 Å².